The summed E-state index contributed by atoms with van der Waals surface area (Å²) in [6, 6.07) is 10.1. The molecule has 3 heterocycles. The van der Waals surface area contributed by atoms with Crippen LogP contribution in [-0.2, 0) is 23.1 Å². The Bertz CT molecular complexity index is 1210. The number of alkyl carbamates (subject to hydrolysis) is 1. The molecule has 0 unspecified atom stereocenters. The van der Waals surface area contributed by atoms with Crippen molar-refractivity contribution in [2.45, 2.75) is 13.0 Å². The summed E-state index contributed by atoms with van der Waals surface area (Å²) in [7, 11) is 5.43. The number of imidazole rings is 1. The summed E-state index contributed by atoms with van der Waals surface area (Å²) >= 11 is 0. The Balaban J connectivity index is 1.54. The lowest BCUT2D eigenvalue weighted by Gasteiger charge is -2.08. The molecule has 0 fully saturated rings. The first-order valence-corrected chi connectivity index (χ1v) is 10.1. The van der Waals surface area contributed by atoms with Crippen molar-refractivity contribution in [3.05, 3.63) is 42.2 Å². The first-order valence-electron chi connectivity index (χ1n) is 10.1. The van der Waals surface area contributed by atoms with Gasteiger partial charge in [0.25, 0.3) is 0 Å². The Morgan fingerprint density at radius 1 is 1.26 bits per heavy atom. The van der Waals surface area contributed by atoms with E-state index in [4.69, 9.17) is 9.47 Å². The highest BCUT2D eigenvalue weighted by Crippen LogP contribution is 2.31. The van der Waals surface area contributed by atoms with Gasteiger partial charge in [-0.1, -0.05) is 18.2 Å². The number of rotatable bonds is 8. The summed E-state index contributed by atoms with van der Waals surface area (Å²) in [5.74, 6) is 0.735. The number of benzene rings is 1. The second-order valence-corrected chi connectivity index (χ2v) is 7.24. The van der Waals surface area contributed by atoms with E-state index in [0.29, 0.717) is 26.2 Å². The molecule has 0 bridgehead atoms. The molecule has 1 aromatic carbocycles. The Kier molecular flexibility index (Phi) is 6.03. The molecule has 4 rings (SSSR count). The minimum absolute atomic E-state index is 0.332. The Morgan fingerprint density at radius 3 is 2.94 bits per heavy atom. The standard InChI is InChI=1S/C22H26N6O3/c1-23-21-18-19(28(2)13-25-18)16-11-17(26-20(16)27-21)15-7-4-6-14(10-15)12-24-22(29)31-9-5-8-30-3/h4,6-7,10-11,13H,5,8-9,12H2,1-3H3,(H,24,29)(H2,23,26,27). The van der Waals surface area contributed by atoms with Crippen LogP contribution in [0.5, 0.6) is 0 Å². The van der Waals surface area contributed by atoms with E-state index in [1.807, 2.05) is 42.9 Å². The Hall–Kier alpha value is -3.59. The van der Waals surface area contributed by atoms with Crippen LogP contribution in [0.25, 0.3) is 33.3 Å². The van der Waals surface area contributed by atoms with Crippen molar-refractivity contribution in [1.82, 2.24) is 24.8 Å². The number of hydrogen-bond donors (Lipinski definition) is 3. The number of amides is 1. The third kappa shape index (κ3) is 4.31. The average molecular weight is 422 g/mol. The van der Waals surface area contributed by atoms with Crippen molar-refractivity contribution in [3.8, 4) is 11.3 Å². The lowest BCUT2D eigenvalue weighted by atomic mass is 10.1. The highest BCUT2D eigenvalue weighted by molar-refractivity contribution is 6.07. The van der Waals surface area contributed by atoms with E-state index < -0.39 is 6.09 Å². The van der Waals surface area contributed by atoms with Crippen LogP contribution in [0.3, 0.4) is 0 Å². The molecule has 1 amide bonds. The summed E-state index contributed by atoms with van der Waals surface area (Å²) in [6.07, 6.45) is 2.03. The van der Waals surface area contributed by atoms with E-state index in [1.165, 1.54) is 0 Å². The molecule has 0 saturated carbocycles. The molecule has 0 radical (unpaired) electrons. The van der Waals surface area contributed by atoms with E-state index in [1.54, 1.807) is 13.4 Å². The molecular weight excluding hydrogens is 396 g/mol. The zero-order valence-electron chi connectivity index (χ0n) is 17.9. The Labute approximate surface area is 179 Å². The van der Waals surface area contributed by atoms with Gasteiger partial charge in [0.2, 0.25) is 0 Å². The van der Waals surface area contributed by atoms with E-state index in [9.17, 15) is 4.79 Å². The van der Waals surface area contributed by atoms with Crippen LogP contribution in [0.2, 0.25) is 0 Å². The topological polar surface area (TPSA) is 106 Å². The van der Waals surface area contributed by atoms with Gasteiger partial charge >= 0.3 is 6.09 Å². The molecule has 0 aliphatic heterocycles. The molecule has 9 heteroatoms. The van der Waals surface area contributed by atoms with Crippen molar-refractivity contribution in [1.29, 1.82) is 0 Å². The number of aromatic nitrogens is 4. The number of fused-ring (bicyclic) bond motifs is 3. The van der Waals surface area contributed by atoms with Gasteiger partial charge in [0.1, 0.15) is 11.2 Å². The number of methoxy groups -OCH3 is 1. The van der Waals surface area contributed by atoms with Gasteiger partial charge < -0.3 is 29.7 Å². The maximum atomic E-state index is 11.8. The summed E-state index contributed by atoms with van der Waals surface area (Å²) < 4.78 is 12.1. The number of nitrogens with zero attached hydrogens (tertiary/aromatic N) is 3. The average Bonchev–Trinajstić information content (AvgIpc) is 3.38. The summed E-state index contributed by atoms with van der Waals surface area (Å²) in [6.45, 7) is 1.28. The molecule has 31 heavy (non-hydrogen) atoms. The van der Waals surface area contributed by atoms with Crippen LogP contribution in [0.4, 0.5) is 10.6 Å². The molecule has 0 atom stereocenters. The number of anilines is 1. The first-order chi connectivity index (χ1) is 15.1. The quantitative estimate of drug-likeness (QED) is 0.376. The minimum atomic E-state index is -0.436. The maximum absolute atomic E-state index is 11.8. The molecule has 0 spiro atoms. The first kappa shape index (κ1) is 20.7. The van der Waals surface area contributed by atoms with Crippen molar-refractivity contribution in [3.63, 3.8) is 0 Å². The second-order valence-electron chi connectivity index (χ2n) is 7.24. The molecule has 3 N–H and O–H groups in total. The van der Waals surface area contributed by atoms with Gasteiger partial charge in [-0.25, -0.2) is 14.8 Å². The number of nitrogens with one attached hydrogen (secondary N) is 3. The molecule has 0 aliphatic rings. The van der Waals surface area contributed by atoms with Gasteiger partial charge in [0, 0.05) is 51.9 Å². The number of aryl methyl sites for hydroxylation is 1. The largest absolute Gasteiger partial charge is 0.449 e. The van der Waals surface area contributed by atoms with Crippen molar-refractivity contribution < 1.29 is 14.3 Å². The monoisotopic (exact) mass is 422 g/mol. The number of carbonyl (C=O) groups is 1. The number of ether oxygens (including phenoxy) is 2. The molecule has 0 saturated heterocycles. The Morgan fingerprint density at radius 2 is 2.13 bits per heavy atom. The third-order valence-corrected chi connectivity index (χ3v) is 5.07. The van der Waals surface area contributed by atoms with Crippen LogP contribution in [0.1, 0.15) is 12.0 Å². The van der Waals surface area contributed by atoms with Crippen LogP contribution in [-0.4, -0.2) is 53.0 Å². The third-order valence-electron chi connectivity index (χ3n) is 5.07. The van der Waals surface area contributed by atoms with E-state index in [-0.39, 0.29) is 0 Å². The van der Waals surface area contributed by atoms with Gasteiger partial charge in [-0.3, -0.25) is 0 Å². The zero-order chi connectivity index (χ0) is 21.8. The van der Waals surface area contributed by atoms with E-state index in [0.717, 1.165) is 44.7 Å². The maximum Gasteiger partial charge on any atom is 0.407 e. The predicted molar refractivity (Wildman–Crippen MR) is 120 cm³/mol. The van der Waals surface area contributed by atoms with Crippen LogP contribution in [0, 0.1) is 0 Å². The van der Waals surface area contributed by atoms with E-state index in [2.05, 4.69) is 31.7 Å². The van der Waals surface area contributed by atoms with Crippen LogP contribution >= 0.6 is 0 Å². The molecule has 3 aromatic heterocycles. The van der Waals surface area contributed by atoms with E-state index >= 15 is 0 Å². The summed E-state index contributed by atoms with van der Waals surface area (Å²) in [5, 5.41) is 6.90. The second kappa shape index (κ2) is 9.05. The molecular formula is C22H26N6O3. The predicted octanol–water partition coefficient (Wildman–Crippen LogP) is 3.42. The molecule has 9 nitrogen and oxygen atoms in total. The normalized spacial score (nSPS) is 11.2. The van der Waals surface area contributed by atoms with Crippen molar-refractivity contribution >= 4 is 34.0 Å². The number of H-pyrrole nitrogens is 1. The smallest absolute Gasteiger partial charge is 0.407 e. The van der Waals surface area contributed by atoms with Crippen molar-refractivity contribution in [2.24, 2.45) is 7.05 Å². The van der Waals surface area contributed by atoms with Crippen LogP contribution in [0.15, 0.2) is 36.7 Å². The summed E-state index contributed by atoms with van der Waals surface area (Å²) in [4.78, 5) is 24.4. The van der Waals surface area contributed by atoms with Crippen LogP contribution < -0.4 is 10.6 Å². The summed E-state index contributed by atoms with van der Waals surface area (Å²) in [5.41, 5.74) is 5.57. The van der Waals surface area contributed by atoms with Gasteiger partial charge in [0.05, 0.1) is 18.5 Å². The minimum Gasteiger partial charge on any atom is -0.449 e. The fourth-order valence-electron chi connectivity index (χ4n) is 3.57. The SMILES string of the molecule is CNc1nc2[nH]c(-c3cccc(CNC(=O)OCCCOC)c3)cc2c2c1ncn2C. The highest BCUT2D eigenvalue weighted by atomic mass is 16.5. The number of hydrogen-bond acceptors (Lipinski definition) is 6. The van der Waals surface area contributed by atoms with Gasteiger partial charge in [-0.2, -0.15) is 0 Å². The lowest BCUT2D eigenvalue weighted by molar-refractivity contribution is 0.124. The number of carbonyl (C=O) groups excluding carboxylic acids is 1. The molecule has 162 valence electrons. The van der Waals surface area contributed by atoms with Crippen molar-refractivity contribution in [2.75, 3.05) is 32.7 Å². The lowest BCUT2D eigenvalue weighted by Crippen LogP contribution is -2.24. The zero-order valence-corrected chi connectivity index (χ0v) is 17.9. The van der Waals surface area contributed by atoms with Gasteiger partial charge in [-0.15, -0.1) is 0 Å². The fraction of sp³-hybridized carbons (Fsp3) is 0.318. The fourth-order valence-corrected chi connectivity index (χ4v) is 3.57. The number of aromatic amines is 1. The van der Waals surface area contributed by atoms with Gasteiger partial charge in [-0.05, 0) is 23.3 Å². The number of pyridine rings is 1. The highest BCUT2D eigenvalue weighted by Gasteiger charge is 2.15. The van der Waals surface area contributed by atoms with Gasteiger partial charge in [0.15, 0.2) is 5.82 Å². The molecule has 0 aliphatic carbocycles. The molecule has 4 aromatic rings.